The zero-order chi connectivity index (χ0) is 13.1. The number of fused-ring (bicyclic) bond motifs is 5. The summed E-state index contributed by atoms with van der Waals surface area (Å²) in [6.07, 6.45) is 4.49. The number of hydrogen-bond donors (Lipinski definition) is 0. The molecule has 19 heavy (non-hydrogen) atoms. The van der Waals surface area contributed by atoms with E-state index in [-0.39, 0.29) is 5.82 Å². The second-order valence-corrected chi connectivity index (χ2v) is 6.73. The fourth-order valence-electron chi connectivity index (χ4n) is 4.89. The van der Waals surface area contributed by atoms with Crippen LogP contribution < -0.4 is 0 Å². The third-order valence-electron chi connectivity index (χ3n) is 5.78. The third-order valence-corrected chi connectivity index (χ3v) is 5.78. The Morgan fingerprint density at radius 2 is 1.95 bits per heavy atom. The standard InChI is InChI=1S/C17H19FO/c1-9-2-5-13(18)7-12(9)8-14(19)17-15-10-3-4-11(6-10)16(15)17/h2,5,7,10-11,15-17H,3-4,6,8H2,1H3. The summed E-state index contributed by atoms with van der Waals surface area (Å²) >= 11 is 0. The van der Waals surface area contributed by atoms with Crippen LogP contribution in [-0.4, -0.2) is 5.78 Å². The zero-order valence-electron chi connectivity index (χ0n) is 11.2. The lowest BCUT2D eigenvalue weighted by Crippen LogP contribution is -2.13. The van der Waals surface area contributed by atoms with Gasteiger partial charge in [-0.2, -0.15) is 0 Å². The van der Waals surface area contributed by atoms with Crippen molar-refractivity contribution in [2.45, 2.75) is 32.6 Å². The zero-order valence-corrected chi connectivity index (χ0v) is 11.2. The highest BCUT2D eigenvalue weighted by Gasteiger charge is 2.66. The van der Waals surface area contributed by atoms with Gasteiger partial charge < -0.3 is 0 Å². The van der Waals surface area contributed by atoms with Gasteiger partial charge in [0.15, 0.2) is 0 Å². The molecule has 2 heteroatoms. The predicted octanol–water partition coefficient (Wildman–Crippen LogP) is 3.54. The highest BCUT2D eigenvalue weighted by Crippen LogP contribution is 2.69. The predicted molar refractivity (Wildman–Crippen MR) is 71.1 cm³/mol. The van der Waals surface area contributed by atoms with Crippen LogP contribution in [-0.2, 0) is 11.2 Å². The molecule has 0 heterocycles. The number of carbonyl (C=O) groups excluding carboxylic acids is 1. The molecule has 100 valence electrons. The quantitative estimate of drug-likeness (QED) is 0.810. The number of benzene rings is 1. The number of carbonyl (C=O) groups is 1. The molecule has 4 unspecified atom stereocenters. The van der Waals surface area contributed by atoms with E-state index < -0.39 is 0 Å². The van der Waals surface area contributed by atoms with Gasteiger partial charge in [-0.3, -0.25) is 4.79 Å². The van der Waals surface area contributed by atoms with Gasteiger partial charge in [0.25, 0.3) is 0 Å². The summed E-state index contributed by atoms with van der Waals surface area (Å²) in [6.45, 7) is 1.96. The maximum atomic E-state index is 13.3. The van der Waals surface area contributed by atoms with Crippen LogP contribution in [0.5, 0.6) is 0 Å². The minimum Gasteiger partial charge on any atom is -0.299 e. The molecule has 0 radical (unpaired) electrons. The molecule has 1 nitrogen and oxygen atoms in total. The molecule has 4 atom stereocenters. The van der Waals surface area contributed by atoms with Gasteiger partial charge in [-0.25, -0.2) is 4.39 Å². The van der Waals surface area contributed by atoms with Crippen LogP contribution in [0, 0.1) is 42.3 Å². The van der Waals surface area contributed by atoms with Crippen LogP contribution in [0.15, 0.2) is 18.2 Å². The van der Waals surface area contributed by atoms with Crippen LogP contribution in [0.25, 0.3) is 0 Å². The molecular weight excluding hydrogens is 239 g/mol. The number of ketones is 1. The fourth-order valence-corrected chi connectivity index (χ4v) is 4.89. The van der Waals surface area contributed by atoms with Gasteiger partial charge in [0, 0.05) is 12.3 Å². The number of aryl methyl sites for hydroxylation is 1. The maximum Gasteiger partial charge on any atom is 0.140 e. The molecule has 0 aromatic heterocycles. The molecule has 3 aliphatic carbocycles. The molecule has 3 saturated carbocycles. The van der Waals surface area contributed by atoms with Crippen molar-refractivity contribution in [2.75, 3.05) is 0 Å². The molecule has 0 N–H and O–H groups in total. The molecule has 0 amide bonds. The van der Waals surface area contributed by atoms with E-state index in [9.17, 15) is 9.18 Å². The molecular formula is C17H19FO. The van der Waals surface area contributed by atoms with E-state index in [0.717, 1.165) is 23.0 Å². The van der Waals surface area contributed by atoms with Gasteiger partial charge in [0.1, 0.15) is 11.6 Å². The highest BCUT2D eigenvalue weighted by atomic mass is 19.1. The van der Waals surface area contributed by atoms with Gasteiger partial charge in [-0.1, -0.05) is 6.07 Å². The molecule has 0 saturated heterocycles. The summed E-state index contributed by atoms with van der Waals surface area (Å²) in [5.41, 5.74) is 1.91. The van der Waals surface area contributed by atoms with Gasteiger partial charge in [-0.05, 0) is 73.1 Å². The van der Waals surface area contributed by atoms with Crippen molar-refractivity contribution < 1.29 is 9.18 Å². The Morgan fingerprint density at radius 1 is 1.26 bits per heavy atom. The first kappa shape index (κ1) is 11.6. The minimum atomic E-state index is -0.232. The normalized spacial score (nSPS) is 38.3. The lowest BCUT2D eigenvalue weighted by Gasteiger charge is -2.09. The highest BCUT2D eigenvalue weighted by molar-refractivity contribution is 5.87. The van der Waals surface area contributed by atoms with Gasteiger partial charge in [-0.15, -0.1) is 0 Å². The van der Waals surface area contributed by atoms with Crippen molar-refractivity contribution in [3.63, 3.8) is 0 Å². The Morgan fingerprint density at radius 3 is 2.63 bits per heavy atom. The topological polar surface area (TPSA) is 17.1 Å². The average Bonchev–Trinajstić information content (AvgIpc) is 2.83. The Balaban J connectivity index is 1.50. The number of Topliss-reactive ketones (excluding diaryl/α,β-unsaturated/α-hetero) is 1. The molecule has 3 fully saturated rings. The van der Waals surface area contributed by atoms with Gasteiger partial charge in [0.05, 0.1) is 0 Å². The third kappa shape index (κ3) is 1.69. The maximum absolute atomic E-state index is 13.3. The van der Waals surface area contributed by atoms with E-state index in [2.05, 4.69) is 0 Å². The summed E-state index contributed by atoms with van der Waals surface area (Å²) < 4.78 is 13.3. The monoisotopic (exact) mass is 258 g/mol. The Labute approximate surface area is 113 Å². The number of halogens is 1. The van der Waals surface area contributed by atoms with Crippen molar-refractivity contribution >= 4 is 5.78 Å². The second-order valence-electron chi connectivity index (χ2n) is 6.73. The average molecular weight is 258 g/mol. The second kappa shape index (κ2) is 3.91. The van der Waals surface area contributed by atoms with Gasteiger partial charge >= 0.3 is 0 Å². The van der Waals surface area contributed by atoms with E-state index >= 15 is 0 Å². The van der Waals surface area contributed by atoms with E-state index in [1.54, 1.807) is 6.07 Å². The molecule has 2 bridgehead atoms. The first-order chi connectivity index (χ1) is 9.15. The molecule has 1 aromatic rings. The Bertz CT molecular complexity index is 534. The van der Waals surface area contributed by atoms with Crippen molar-refractivity contribution in [3.8, 4) is 0 Å². The largest absolute Gasteiger partial charge is 0.299 e. The van der Waals surface area contributed by atoms with Crippen molar-refractivity contribution in [2.24, 2.45) is 29.6 Å². The Hall–Kier alpha value is -1.18. The van der Waals surface area contributed by atoms with E-state index in [1.807, 2.05) is 6.92 Å². The fraction of sp³-hybridized carbons (Fsp3) is 0.588. The molecule has 0 aliphatic heterocycles. The molecule has 3 aliphatic rings. The molecule has 4 rings (SSSR count). The first-order valence-corrected chi connectivity index (χ1v) is 7.43. The van der Waals surface area contributed by atoms with E-state index in [1.165, 1.54) is 31.4 Å². The van der Waals surface area contributed by atoms with Crippen molar-refractivity contribution in [1.82, 2.24) is 0 Å². The summed E-state index contributed by atoms with van der Waals surface area (Å²) in [5.74, 6) is 3.49. The van der Waals surface area contributed by atoms with Crippen LogP contribution >= 0.6 is 0 Å². The van der Waals surface area contributed by atoms with E-state index in [0.29, 0.717) is 30.0 Å². The smallest absolute Gasteiger partial charge is 0.140 e. The summed E-state index contributed by atoms with van der Waals surface area (Å²) in [4.78, 5) is 12.4. The van der Waals surface area contributed by atoms with Crippen molar-refractivity contribution in [3.05, 3.63) is 35.1 Å². The summed E-state index contributed by atoms with van der Waals surface area (Å²) in [7, 11) is 0. The van der Waals surface area contributed by atoms with Gasteiger partial charge in [0.2, 0.25) is 0 Å². The van der Waals surface area contributed by atoms with Crippen LogP contribution in [0.3, 0.4) is 0 Å². The van der Waals surface area contributed by atoms with Crippen LogP contribution in [0.1, 0.15) is 30.4 Å². The lowest BCUT2D eigenvalue weighted by atomic mass is 9.95. The minimum absolute atomic E-state index is 0.232. The number of hydrogen-bond acceptors (Lipinski definition) is 1. The summed E-state index contributed by atoms with van der Waals surface area (Å²) in [6, 6.07) is 4.77. The lowest BCUT2D eigenvalue weighted by molar-refractivity contribution is -0.120. The first-order valence-electron chi connectivity index (χ1n) is 7.43. The van der Waals surface area contributed by atoms with E-state index in [4.69, 9.17) is 0 Å². The van der Waals surface area contributed by atoms with Crippen LogP contribution in [0.2, 0.25) is 0 Å². The molecule has 1 aromatic carbocycles. The SMILES string of the molecule is Cc1ccc(F)cc1CC(=O)C1C2C3CCC(C3)C12. The summed E-state index contributed by atoms with van der Waals surface area (Å²) in [5, 5.41) is 0. The molecule has 0 spiro atoms. The Kier molecular flexibility index (Phi) is 2.39. The number of rotatable bonds is 3. The van der Waals surface area contributed by atoms with Crippen molar-refractivity contribution in [1.29, 1.82) is 0 Å². The van der Waals surface area contributed by atoms with Crippen LogP contribution in [0.4, 0.5) is 4.39 Å².